The van der Waals surface area contributed by atoms with Crippen LogP contribution in [0.3, 0.4) is 0 Å². The molecule has 0 aliphatic carbocycles. The number of para-hydroxylation sites is 4. The van der Waals surface area contributed by atoms with Crippen molar-refractivity contribution in [1.29, 1.82) is 0 Å². The molecule has 4 aromatic carbocycles. The van der Waals surface area contributed by atoms with E-state index in [9.17, 15) is 10.2 Å². The summed E-state index contributed by atoms with van der Waals surface area (Å²) in [5.41, 5.74) is 13.5. The van der Waals surface area contributed by atoms with E-state index in [2.05, 4.69) is 132 Å². The second-order valence-electron chi connectivity index (χ2n) is 21.1. The van der Waals surface area contributed by atoms with E-state index in [0.29, 0.717) is 23.7 Å². The molecule has 4 rings (SSSR count). The molecule has 73 heavy (non-hydrogen) atoms. The number of allylic oxidation sites excluding steroid dienone is 4. The van der Waals surface area contributed by atoms with Crippen molar-refractivity contribution in [2.75, 3.05) is 13.2 Å². The Kier molecular flexibility index (Phi) is 34.1. The summed E-state index contributed by atoms with van der Waals surface area (Å²) in [6.07, 6.45) is 4.03. The third-order valence-electron chi connectivity index (χ3n) is 11.8. The standard InChI is InChI=1S/2C29H40N2O.C4H10O.2Al.2H2O/c2*1-18(2)23-13-11-14-24(19(3)4)27(23)30-21(7)17-22(8)31-28-25(20(5)6)15-12-16-26(28)29(9,10)32;1-3-5-4-2;;;;/h2*11-20H,1-10H3;3-4H2,1-2H3;;;2*1H2/q2*-2;;2*+3;;/p-2/b2*21-17-,31-22?;;;;;. The van der Waals surface area contributed by atoms with E-state index in [-0.39, 0.29) is 57.5 Å². The fourth-order valence-electron chi connectivity index (χ4n) is 8.20. The number of rotatable bonds is 18. The number of benzene rings is 4. The molecule has 0 unspecified atom stereocenters. The molecule has 4 aromatic rings. The minimum atomic E-state index is -1.21. The Morgan fingerprint density at radius 3 is 0.904 bits per heavy atom. The monoisotopic (exact) mass is 1030 g/mol. The zero-order chi connectivity index (χ0) is 52.6. The Bertz CT molecular complexity index is 2170. The summed E-state index contributed by atoms with van der Waals surface area (Å²) < 4.78 is 4.83. The molecule has 0 atom stereocenters. The minimum Gasteiger partial charge on any atom is -0.870 e. The Balaban J connectivity index is -0.00000117. The Hall–Kier alpha value is -3.84. The zero-order valence-corrected chi connectivity index (χ0v) is 51.3. The Morgan fingerprint density at radius 1 is 0.466 bits per heavy atom. The van der Waals surface area contributed by atoms with Crippen LogP contribution in [0.5, 0.6) is 0 Å². The first-order valence-corrected chi connectivity index (χ1v) is 25.5. The fraction of sp³-hybridized carbons (Fsp3) is 0.516. The molecule has 0 bridgehead atoms. The molecule has 0 aliphatic heterocycles. The van der Waals surface area contributed by atoms with Crippen LogP contribution in [0.2, 0.25) is 0 Å². The summed E-state index contributed by atoms with van der Waals surface area (Å²) in [6, 6.07) is 24.8. The van der Waals surface area contributed by atoms with Crippen molar-refractivity contribution in [3.63, 3.8) is 0 Å². The maximum Gasteiger partial charge on any atom is 3.00 e. The molecule has 0 radical (unpaired) electrons. The van der Waals surface area contributed by atoms with E-state index >= 15 is 0 Å². The molecule has 0 saturated carbocycles. The van der Waals surface area contributed by atoms with Gasteiger partial charge in [0.1, 0.15) is 0 Å². The van der Waals surface area contributed by atoms with Crippen molar-refractivity contribution in [2.45, 2.75) is 199 Å². The van der Waals surface area contributed by atoms with Crippen molar-refractivity contribution in [3.05, 3.63) is 151 Å². The van der Waals surface area contributed by atoms with Gasteiger partial charge in [0, 0.05) is 24.6 Å². The average molecular weight is 1030 g/mol. The van der Waals surface area contributed by atoms with Gasteiger partial charge in [-0.25, -0.2) is 0 Å². The van der Waals surface area contributed by atoms with Crippen LogP contribution in [0.1, 0.15) is 232 Å². The molecule has 2 N–H and O–H groups in total. The van der Waals surface area contributed by atoms with Gasteiger partial charge in [-0.15, -0.1) is 11.4 Å². The van der Waals surface area contributed by atoms with E-state index in [1.807, 2.05) is 78.0 Å². The second kappa shape index (κ2) is 34.0. The van der Waals surface area contributed by atoms with Crippen LogP contribution in [0.4, 0.5) is 22.7 Å². The average Bonchev–Trinajstić information content (AvgIpc) is 3.23. The summed E-state index contributed by atoms with van der Waals surface area (Å²) in [6.45, 7) is 46.7. The first-order valence-electron chi connectivity index (χ1n) is 25.5. The number of nitrogens with zero attached hydrogens (tertiary/aromatic N) is 4. The predicted octanol–water partition coefficient (Wildman–Crippen LogP) is 16.6. The van der Waals surface area contributed by atoms with Gasteiger partial charge in [0.2, 0.25) is 0 Å². The predicted molar refractivity (Wildman–Crippen MR) is 313 cm³/mol. The summed E-state index contributed by atoms with van der Waals surface area (Å²) in [7, 11) is 0. The van der Waals surface area contributed by atoms with Gasteiger partial charge in [0.15, 0.2) is 0 Å². The molecule has 11 heteroatoms. The third-order valence-corrected chi connectivity index (χ3v) is 11.8. The Morgan fingerprint density at radius 2 is 0.699 bits per heavy atom. The molecule has 0 amide bonds. The van der Waals surface area contributed by atoms with Crippen LogP contribution < -0.4 is 10.2 Å². The summed E-state index contributed by atoms with van der Waals surface area (Å²) in [5, 5.41) is 35.8. The van der Waals surface area contributed by atoms with Gasteiger partial charge >= 0.3 is 34.7 Å². The van der Waals surface area contributed by atoms with Crippen molar-refractivity contribution >= 4 is 68.9 Å². The first-order chi connectivity index (χ1) is 32.1. The summed E-state index contributed by atoms with van der Waals surface area (Å²) >= 11 is 0. The summed E-state index contributed by atoms with van der Waals surface area (Å²) in [5.74, 6) is 2.16. The van der Waals surface area contributed by atoms with Crippen molar-refractivity contribution in [2.24, 2.45) is 9.98 Å². The van der Waals surface area contributed by atoms with Gasteiger partial charge in [-0.1, -0.05) is 243 Å². The largest absolute Gasteiger partial charge is 3.00 e. The molecule has 0 aromatic heterocycles. The molecule has 0 aliphatic rings. The molecular formula is C62H92Al2N4O5. The quantitative estimate of drug-likeness (QED) is 0.0713. The van der Waals surface area contributed by atoms with E-state index in [1.54, 1.807) is 27.7 Å². The molecule has 0 saturated heterocycles. The molecular weight excluding hydrogens is 935 g/mol. The van der Waals surface area contributed by atoms with E-state index in [4.69, 9.17) is 25.4 Å². The van der Waals surface area contributed by atoms with Crippen LogP contribution in [-0.4, -0.2) is 70.3 Å². The summed E-state index contributed by atoms with van der Waals surface area (Å²) in [4.78, 5) is 9.85. The normalized spacial score (nSPS) is 12.4. The second-order valence-corrected chi connectivity index (χ2v) is 21.1. The maximum absolute atomic E-state index is 12.8. The van der Waals surface area contributed by atoms with Crippen molar-refractivity contribution < 1.29 is 25.9 Å². The number of hydrogen-bond acceptors (Lipinski definition) is 7. The zero-order valence-electron chi connectivity index (χ0n) is 49.0. The maximum atomic E-state index is 12.8. The van der Waals surface area contributed by atoms with Crippen LogP contribution >= 0.6 is 0 Å². The first kappa shape index (κ1) is 73.4. The number of ether oxygens (including phenoxy) is 1. The van der Waals surface area contributed by atoms with Gasteiger partial charge in [-0.05, 0) is 85.5 Å². The smallest absolute Gasteiger partial charge is 0.870 e. The van der Waals surface area contributed by atoms with Gasteiger partial charge < -0.3 is 36.5 Å². The topological polar surface area (TPSA) is 168 Å². The number of hydrogen-bond donors (Lipinski definition) is 0. The molecule has 0 fully saturated rings. The van der Waals surface area contributed by atoms with Crippen LogP contribution in [0, 0.1) is 0 Å². The molecule has 9 nitrogen and oxygen atoms in total. The van der Waals surface area contributed by atoms with Gasteiger partial charge in [0.25, 0.3) is 0 Å². The van der Waals surface area contributed by atoms with E-state index in [0.717, 1.165) is 81.0 Å². The van der Waals surface area contributed by atoms with Gasteiger partial charge in [-0.3, -0.25) is 9.98 Å². The van der Waals surface area contributed by atoms with E-state index in [1.165, 1.54) is 22.3 Å². The fourth-order valence-corrected chi connectivity index (χ4v) is 8.20. The van der Waals surface area contributed by atoms with Crippen LogP contribution in [-0.2, 0) is 15.9 Å². The van der Waals surface area contributed by atoms with Crippen molar-refractivity contribution in [1.82, 2.24) is 0 Å². The Labute approximate surface area is 465 Å². The van der Waals surface area contributed by atoms with Crippen LogP contribution in [0.25, 0.3) is 10.6 Å². The number of aliphatic imine (C=N–C) groups is 2. The van der Waals surface area contributed by atoms with Gasteiger partial charge in [-0.2, -0.15) is 11.4 Å². The molecule has 0 spiro atoms. The van der Waals surface area contributed by atoms with Crippen molar-refractivity contribution in [3.8, 4) is 0 Å². The van der Waals surface area contributed by atoms with Crippen LogP contribution in [0.15, 0.2) is 106 Å². The van der Waals surface area contributed by atoms with E-state index < -0.39 is 11.2 Å². The third kappa shape index (κ3) is 22.9. The van der Waals surface area contributed by atoms with Gasteiger partial charge in [0.05, 0.1) is 11.4 Å². The SMILES string of the molecule is CC(/C=C(/C)[N-]c1c(C(C)C)cccc1C(C)C)=Nc1c(C(C)C)cccc1C(C)(C)[O-].CC(/C=C(/C)[N-]c1c(C(C)C)cccc1C(C)C)=Nc1c(C(C)C)cccc1C(C)(C)[O-].CCOCC.[Al+3].[Al+3].[OH-].[OH-]. The molecule has 396 valence electrons. The molecule has 0 heterocycles. The minimum absolute atomic E-state index is 0.